The summed E-state index contributed by atoms with van der Waals surface area (Å²) in [6.07, 6.45) is 0. The number of carbonyl (C=O) groups is 2. The van der Waals surface area contributed by atoms with E-state index < -0.39 is 17.6 Å². The second-order valence-electron chi connectivity index (χ2n) is 4.43. The van der Waals surface area contributed by atoms with Gasteiger partial charge in [0.2, 0.25) is 11.8 Å². The second-order valence-corrected chi connectivity index (χ2v) is 4.43. The van der Waals surface area contributed by atoms with Gasteiger partial charge in [-0.25, -0.2) is 4.39 Å². The third-order valence-corrected chi connectivity index (χ3v) is 2.72. The van der Waals surface area contributed by atoms with Gasteiger partial charge in [0.15, 0.2) is 5.82 Å². The molecule has 7 heteroatoms. The normalized spacial score (nSPS) is 10.2. The number of rotatable bonds is 4. The molecule has 0 atom stereocenters. The van der Waals surface area contributed by atoms with E-state index in [1.54, 1.807) is 19.1 Å². The van der Waals surface area contributed by atoms with Crippen LogP contribution < -0.4 is 10.2 Å². The summed E-state index contributed by atoms with van der Waals surface area (Å²) in [6.45, 7) is 2.63. The number of hydrogen-bond acceptors (Lipinski definition) is 4. The van der Waals surface area contributed by atoms with Gasteiger partial charge in [0.1, 0.15) is 18.1 Å². The van der Waals surface area contributed by atoms with Crippen LogP contribution in [0.3, 0.4) is 0 Å². The number of carbonyl (C=O) groups excluding carboxylic acids is 2. The number of para-hydroxylation sites is 1. The lowest BCUT2D eigenvalue weighted by Gasteiger charge is -2.20. The molecule has 0 saturated heterocycles. The number of hydrogen-bond donors (Lipinski definition) is 1. The van der Waals surface area contributed by atoms with Gasteiger partial charge in [-0.15, -0.1) is 0 Å². The van der Waals surface area contributed by atoms with Crippen molar-refractivity contribution < 1.29 is 18.5 Å². The van der Waals surface area contributed by atoms with Gasteiger partial charge in [-0.3, -0.25) is 9.59 Å². The molecule has 0 aliphatic rings. The van der Waals surface area contributed by atoms with Gasteiger partial charge in [0, 0.05) is 13.0 Å². The molecular weight excluding hydrogens is 277 g/mol. The van der Waals surface area contributed by atoms with Gasteiger partial charge in [-0.05, 0) is 19.1 Å². The van der Waals surface area contributed by atoms with Crippen LogP contribution >= 0.6 is 0 Å². The smallest absolute Gasteiger partial charge is 0.245 e. The van der Waals surface area contributed by atoms with Crippen molar-refractivity contribution in [2.75, 3.05) is 16.8 Å². The van der Waals surface area contributed by atoms with E-state index in [1.807, 2.05) is 0 Å². The number of benzene rings is 1. The van der Waals surface area contributed by atoms with Gasteiger partial charge < -0.3 is 14.7 Å². The Bertz CT molecular complexity index is 669. The lowest BCUT2D eigenvalue weighted by Crippen LogP contribution is -2.37. The minimum atomic E-state index is -0.571. The predicted molar refractivity (Wildman–Crippen MR) is 74.3 cm³/mol. The Morgan fingerprint density at radius 2 is 2.10 bits per heavy atom. The summed E-state index contributed by atoms with van der Waals surface area (Å²) in [4.78, 5) is 24.6. The largest absolute Gasteiger partial charge is 0.360 e. The number of nitrogens with zero attached hydrogens (tertiary/aromatic N) is 2. The van der Waals surface area contributed by atoms with Gasteiger partial charge >= 0.3 is 0 Å². The summed E-state index contributed by atoms with van der Waals surface area (Å²) in [5.74, 6) is -0.719. The molecule has 1 heterocycles. The Balaban J connectivity index is 2.12. The molecule has 2 aromatic rings. The number of aromatic nitrogens is 1. The average Bonchev–Trinajstić information content (AvgIpc) is 2.82. The Morgan fingerprint density at radius 3 is 2.67 bits per heavy atom. The monoisotopic (exact) mass is 291 g/mol. The molecular formula is C14H14FN3O3. The first-order valence-corrected chi connectivity index (χ1v) is 6.23. The van der Waals surface area contributed by atoms with Crippen molar-refractivity contribution in [3.8, 4) is 0 Å². The summed E-state index contributed by atoms with van der Waals surface area (Å²) in [7, 11) is 0. The van der Waals surface area contributed by atoms with E-state index in [0.717, 1.165) is 4.90 Å². The minimum Gasteiger partial charge on any atom is -0.360 e. The SMILES string of the molecule is CC(=O)N(CC(=O)Nc1cc(C)on1)c1ccccc1F. The van der Waals surface area contributed by atoms with Crippen LogP contribution in [0.1, 0.15) is 12.7 Å². The highest BCUT2D eigenvalue weighted by Gasteiger charge is 2.19. The van der Waals surface area contributed by atoms with Crippen LogP contribution in [0.25, 0.3) is 0 Å². The zero-order chi connectivity index (χ0) is 15.4. The number of halogens is 1. The first-order valence-electron chi connectivity index (χ1n) is 6.23. The highest BCUT2D eigenvalue weighted by atomic mass is 19.1. The number of aryl methyl sites for hydroxylation is 1. The molecule has 1 aromatic carbocycles. The van der Waals surface area contributed by atoms with Crippen LogP contribution in [0.15, 0.2) is 34.9 Å². The predicted octanol–water partition coefficient (Wildman–Crippen LogP) is 2.11. The van der Waals surface area contributed by atoms with E-state index in [4.69, 9.17) is 4.52 Å². The molecule has 21 heavy (non-hydrogen) atoms. The molecule has 110 valence electrons. The molecule has 2 rings (SSSR count). The maximum atomic E-state index is 13.7. The summed E-state index contributed by atoms with van der Waals surface area (Å²) < 4.78 is 18.5. The van der Waals surface area contributed by atoms with Gasteiger partial charge in [0.25, 0.3) is 0 Å². The van der Waals surface area contributed by atoms with Crippen LogP contribution in [-0.2, 0) is 9.59 Å². The molecule has 2 amide bonds. The molecule has 0 fully saturated rings. The summed E-state index contributed by atoms with van der Waals surface area (Å²) in [5, 5.41) is 6.09. The van der Waals surface area contributed by atoms with E-state index in [-0.39, 0.29) is 18.1 Å². The van der Waals surface area contributed by atoms with E-state index in [2.05, 4.69) is 10.5 Å². The Kier molecular flexibility index (Phi) is 4.32. The van der Waals surface area contributed by atoms with E-state index in [0.29, 0.717) is 5.76 Å². The fraction of sp³-hybridized carbons (Fsp3) is 0.214. The van der Waals surface area contributed by atoms with Crippen molar-refractivity contribution in [2.45, 2.75) is 13.8 Å². The maximum absolute atomic E-state index is 13.7. The minimum absolute atomic E-state index is 0.0523. The second kappa shape index (κ2) is 6.17. The Hall–Kier alpha value is -2.70. The van der Waals surface area contributed by atoms with Crippen LogP contribution in [0, 0.1) is 12.7 Å². The van der Waals surface area contributed by atoms with Gasteiger partial charge in [-0.1, -0.05) is 17.3 Å². The van der Waals surface area contributed by atoms with Gasteiger partial charge in [-0.2, -0.15) is 0 Å². The van der Waals surface area contributed by atoms with E-state index in [9.17, 15) is 14.0 Å². The number of nitrogens with one attached hydrogen (secondary N) is 1. The van der Waals surface area contributed by atoms with Crippen LogP contribution in [0.5, 0.6) is 0 Å². The fourth-order valence-electron chi connectivity index (χ4n) is 1.79. The molecule has 0 saturated carbocycles. The third kappa shape index (κ3) is 3.65. The first-order chi connectivity index (χ1) is 9.97. The van der Waals surface area contributed by atoms with E-state index >= 15 is 0 Å². The summed E-state index contributed by atoms with van der Waals surface area (Å²) in [5.41, 5.74) is 0.0523. The molecule has 0 spiro atoms. The quantitative estimate of drug-likeness (QED) is 0.936. The van der Waals surface area contributed by atoms with Crippen LogP contribution in [0.4, 0.5) is 15.9 Å². The standard InChI is InChI=1S/C14H14FN3O3/c1-9-7-13(17-21-9)16-14(20)8-18(10(2)19)12-6-4-3-5-11(12)15/h3-7H,8H2,1-2H3,(H,16,17,20). The molecule has 0 bridgehead atoms. The molecule has 0 radical (unpaired) electrons. The number of amides is 2. The van der Waals surface area contributed by atoms with Crippen LogP contribution in [0.2, 0.25) is 0 Å². The average molecular weight is 291 g/mol. The lowest BCUT2D eigenvalue weighted by molar-refractivity contribution is -0.120. The van der Waals surface area contributed by atoms with Crippen molar-refractivity contribution in [3.05, 3.63) is 41.9 Å². The maximum Gasteiger partial charge on any atom is 0.245 e. The zero-order valence-electron chi connectivity index (χ0n) is 11.6. The third-order valence-electron chi connectivity index (χ3n) is 2.72. The Morgan fingerprint density at radius 1 is 1.38 bits per heavy atom. The fourth-order valence-corrected chi connectivity index (χ4v) is 1.79. The van der Waals surface area contributed by atoms with Crippen LogP contribution in [-0.4, -0.2) is 23.5 Å². The zero-order valence-corrected chi connectivity index (χ0v) is 11.6. The molecule has 0 aliphatic heterocycles. The van der Waals surface area contributed by atoms with Crippen molar-refractivity contribution in [3.63, 3.8) is 0 Å². The van der Waals surface area contributed by atoms with Crippen molar-refractivity contribution >= 4 is 23.3 Å². The van der Waals surface area contributed by atoms with Crippen molar-refractivity contribution in [2.24, 2.45) is 0 Å². The van der Waals surface area contributed by atoms with Crippen molar-refractivity contribution in [1.82, 2.24) is 5.16 Å². The highest BCUT2D eigenvalue weighted by Crippen LogP contribution is 2.18. The molecule has 0 aliphatic carbocycles. The lowest BCUT2D eigenvalue weighted by atomic mass is 10.2. The van der Waals surface area contributed by atoms with Gasteiger partial charge in [0.05, 0.1) is 5.69 Å². The Labute approximate surface area is 120 Å². The molecule has 1 aromatic heterocycles. The molecule has 1 N–H and O–H groups in total. The summed E-state index contributed by atoms with van der Waals surface area (Å²) >= 11 is 0. The topological polar surface area (TPSA) is 75.4 Å². The highest BCUT2D eigenvalue weighted by molar-refractivity contribution is 6.01. The number of anilines is 2. The van der Waals surface area contributed by atoms with Crippen molar-refractivity contribution in [1.29, 1.82) is 0 Å². The summed E-state index contributed by atoms with van der Waals surface area (Å²) in [6, 6.07) is 7.30. The molecule has 0 unspecified atom stereocenters. The first kappa shape index (κ1) is 14.7. The van der Waals surface area contributed by atoms with E-state index in [1.165, 1.54) is 25.1 Å². The molecule has 6 nitrogen and oxygen atoms in total.